The maximum absolute atomic E-state index is 12.1. The summed E-state index contributed by atoms with van der Waals surface area (Å²) in [6.07, 6.45) is 0. The zero-order valence-corrected chi connectivity index (χ0v) is 18.1. The third-order valence-corrected chi connectivity index (χ3v) is 5.52. The summed E-state index contributed by atoms with van der Waals surface area (Å²) >= 11 is 0. The van der Waals surface area contributed by atoms with E-state index in [1.165, 1.54) is 5.56 Å². The van der Waals surface area contributed by atoms with Gasteiger partial charge >= 0.3 is 5.97 Å². The van der Waals surface area contributed by atoms with Gasteiger partial charge < -0.3 is 9.84 Å². The number of para-hydroxylation sites is 1. The Kier molecular flexibility index (Phi) is 5.24. The summed E-state index contributed by atoms with van der Waals surface area (Å²) in [5.74, 6) is -0.231. The Morgan fingerprint density at radius 2 is 1.55 bits per heavy atom. The standard InChI is InChI=1S/C27H25NO3/c1-27(2,3)19-12-8-17(9-13-19)21-6-5-7-22-23(26(29)30)16-24(28-25(21)22)18-10-14-20(31-4)15-11-18/h5-16H,1-4H3,(H,29,30). The molecule has 4 rings (SSSR count). The fourth-order valence-electron chi connectivity index (χ4n) is 3.72. The van der Waals surface area contributed by atoms with Gasteiger partial charge in [0.15, 0.2) is 0 Å². The minimum absolute atomic E-state index is 0.0630. The van der Waals surface area contributed by atoms with Crippen LogP contribution in [0.2, 0.25) is 0 Å². The van der Waals surface area contributed by atoms with Gasteiger partial charge in [-0.15, -0.1) is 0 Å². The number of rotatable bonds is 4. The van der Waals surface area contributed by atoms with E-state index in [-0.39, 0.29) is 11.0 Å². The number of hydrogen-bond acceptors (Lipinski definition) is 3. The van der Waals surface area contributed by atoms with E-state index >= 15 is 0 Å². The largest absolute Gasteiger partial charge is 0.497 e. The van der Waals surface area contributed by atoms with Crippen LogP contribution < -0.4 is 4.74 Å². The van der Waals surface area contributed by atoms with E-state index in [0.29, 0.717) is 16.6 Å². The number of ether oxygens (including phenoxy) is 1. The minimum Gasteiger partial charge on any atom is -0.497 e. The molecule has 4 nitrogen and oxygen atoms in total. The molecule has 0 fully saturated rings. The molecule has 0 spiro atoms. The van der Waals surface area contributed by atoms with Crippen LogP contribution in [0.3, 0.4) is 0 Å². The van der Waals surface area contributed by atoms with E-state index in [1.54, 1.807) is 13.2 Å². The number of hydrogen-bond donors (Lipinski definition) is 1. The highest BCUT2D eigenvalue weighted by atomic mass is 16.5. The molecular weight excluding hydrogens is 386 g/mol. The molecule has 0 saturated heterocycles. The summed E-state index contributed by atoms with van der Waals surface area (Å²) in [5.41, 5.74) is 5.60. The lowest BCUT2D eigenvalue weighted by Crippen LogP contribution is -2.10. The molecule has 0 aliphatic rings. The van der Waals surface area contributed by atoms with Crippen molar-refractivity contribution < 1.29 is 14.6 Å². The van der Waals surface area contributed by atoms with Crippen LogP contribution in [-0.4, -0.2) is 23.2 Å². The fraction of sp³-hybridized carbons (Fsp3) is 0.185. The van der Waals surface area contributed by atoms with Crippen LogP contribution in [0.5, 0.6) is 5.75 Å². The average Bonchev–Trinajstić information content (AvgIpc) is 2.77. The van der Waals surface area contributed by atoms with E-state index in [2.05, 4.69) is 45.0 Å². The van der Waals surface area contributed by atoms with Crippen molar-refractivity contribution in [3.05, 3.63) is 83.9 Å². The molecule has 0 amide bonds. The van der Waals surface area contributed by atoms with Crippen LogP contribution in [0.15, 0.2) is 72.8 Å². The minimum atomic E-state index is -0.970. The van der Waals surface area contributed by atoms with Gasteiger partial charge in [-0.2, -0.15) is 0 Å². The molecule has 4 aromatic rings. The average molecular weight is 412 g/mol. The van der Waals surface area contributed by atoms with Crippen LogP contribution in [0.4, 0.5) is 0 Å². The quantitative estimate of drug-likeness (QED) is 0.412. The Labute approximate surface area is 182 Å². The fourth-order valence-corrected chi connectivity index (χ4v) is 3.72. The van der Waals surface area contributed by atoms with Gasteiger partial charge in [0, 0.05) is 16.5 Å². The molecule has 0 bridgehead atoms. The van der Waals surface area contributed by atoms with E-state index < -0.39 is 5.97 Å². The molecular formula is C27H25NO3. The topological polar surface area (TPSA) is 59.4 Å². The van der Waals surface area contributed by atoms with Gasteiger partial charge in [0.25, 0.3) is 0 Å². The van der Waals surface area contributed by atoms with Crippen molar-refractivity contribution in [2.24, 2.45) is 0 Å². The van der Waals surface area contributed by atoms with Crippen molar-refractivity contribution in [3.63, 3.8) is 0 Å². The molecule has 3 aromatic carbocycles. The zero-order chi connectivity index (χ0) is 22.2. The SMILES string of the molecule is COc1ccc(-c2cc(C(=O)O)c3cccc(-c4ccc(C(C)(C)C)cc4)c3n2)cc1. The van der Waals surface area contributed by atoms with Crippen molar-refractivity contribution in [2.45, 2.75) is 26.2 Å². The number of nitrogens with zero attached hydrogens (tertiary/aromatic N) is 1. The number of aromatic carboxylic acids is 1. The van der Waals surface area contributed by atoms with Crippen molar-refractivity contribution in [2.75, 3.05) is 7.11 Å². The van der Waals surface area contributed by atoms with Gasteiger partial charge in [-0.05, 0) is 46.9 Å². The number of benzene rings is 3. The second-order valence-corrected chi connectivity index (χ2v) is 8.62. The Morgan fingerprint density at radius 1 is 0.903 bits per heavy atom. The Morgan fingerprint density at radius 3 is 2.13 bits per heavy atom. The number of fused-ring (bicyclic) bond motifs is 1. The number of carboxylic acids is 1. The normalized spacial score (nSPS) is 11.5. The molecule has 1 aromatic heterocycles. The highest BCUT2D eigenvalue weighted by molar-refractivity contribution is 6.07. The van der Waals surface area contributed by atoms with Gasteiger partial charge in [0.05, 0.1) is 23.9 Å². The van der Waals surface area contributed by atoms with E-state index in [0.717, 1.165) is 22.4 Å². The summed E-state index contributed by atoms with van der Waals surface area (Å²) in [7, 11) is 1.61. The zero-order valence-electron chi connectivity index (χ0n) is 18.1. The first-order valence-corrected chi connectivity index (χ1v) is 10.2. The second kappa shape index (κ2) is 7.88. The Hall–Kier alpha value is -3.66. The van der Waals surface area contributed by atoms with Crippen molar-refractivity contribution in [1.29, 1.82) is 0 Å². The van der Waals surface area contributed by atoms with Gasteiger partial charge in [-0.25, -0.2) is 9.78 Å². The maximum Gasteiger partial charge on any atom is 0.336 e. The van der Waals surface area contributed by atoms with Crippen molar-refractivity contribution >= 4 is 16.9 Å². The molecule has 0 radical (unpaired) electrons. The van der Waals surface area contributed by atoms with E-state index in [4.69, 9.17) is 9.72 Å². The molecule has 156 valence electrons. The monoisotopic (exact) mass is 411 g/mol. The smallest absolute Gasteiger partial charge is 0.336 e. The van der Waals surface area contributed by atoms with Crippen molar-refractivity contribution in [3.8, 4) is 28.1 Å². The molecule has 0 aliphatic heterocycles. The third kappa shape index (κ3) is 4.02. The summed E-state index contributed by atoms with van der Waals surface area (Å²) in [4.78, 5) is 16.9. The molecule has 1 heterocycles. The Bertz CT molecular complexity index is 1250. The number of pyridine rings is 1. The predicted octanol–water partition coefficient (Wildman–Crippen LogP) is 6.57. The second-order valence-electron chi connectivity index (χ2n) is 8.62. The molecule has 0 saturated carbocycles. The van der Waals surface area contributed by atoms with Crippen LogP contribution in [0, 0.1) is 0 Å². The summed E-state index contributed by atoms with van der Waals surface area (Å²) in [6.45, 7) is 6.55. The number of aromatic nitrogens is 1. The first-order chi connectivity index (χ1) is 14.8. The highest BCUT2D eigenvalue weighted by Crippen LogP contribution is 2.33. The van der Waals surface area contributed by atoms with Gasteiger partial charge in [-0.1, -0.05) is 63.2 Å². The molecule has 0 unspecified atom stereocenters. The summed E-state index contributed by atoms with van der Waals surface area (Å²) in [5, 5.41) is 10.5. The lowest BCUT2D eigenvalue weighted by molar-refractivity contribution is 0.0699. The lowest BCUT2D eigenvalue weighted by Gasteiger charge is -2.19. The molecule has 4 heteroatoms. The molecule has 0 aliphatic carbocycles. The van der Waals surface area contributed by atoms with E-state index in [9.17, 15) is 9.90 Å². The van der Waals surface area contributed by atoms with Crippen LogP contribution in [-0.2, 0) is 5.41 Å². The lowest BCUT2D eigenvalue weighted by atomic mass is 9.86. The van der Waals surface area contributed by atoms with Crippen LogP contribution in [0.1, 0.15) is 36.7 Å². The number of carbonyl (C=O) groups is 1. The van der Waals surface area contributed by atoms with Gasteiger partial charge in [0.1, 0.15) is 5.75 Å². The van der Waals surface area contributed by atoms with Crippen LogP contribution in [0.25, 0.3) is 33.3 Å². The summed E-state index contributed by atoms with van der Waals surface area (Å²) in [6, 6.07) is 23.2. The first kappa shape index (κ1) is 20.6. The number of carboxylic acid groups (broad SMARTS) is 1. The Balaban J connectivity index is 1.92. The van der Waals surface area contributed by atoms with Crippen LogP contribution >= 0.6 is 0 Å². The third-order valence-electron chi connectivity index (χ3n) is 5.52. The predicted molar refractivity (Wildman–Crippen MR) is 125 cm³/mol. The van der Waals surface area contributed by atoms with Gasteiger partial charge in [0.2, 0.25) is 0 Å². The molecule has 1 N–H and O–H groups in total. The summed E-state index contributed by atoms with van der Waals surface area (Å²) < 4.78 is 5.23. The highest BCUT2D eigenvalue weighted by Gasteiger charge is 2.17. The number of methoxy groups -OCH3 is 1. The van der Waals surface area contributed by atoms with Crippen molar-refractivity contribution in [1.82, 2.24) is 4.98 Å². The molecule has 0 atom stereocenters. The molecule has 31 heavy (non-hydrogen) atoms. The van der Waals surface area contributed by atoms with E-state index in [1.807, 2.05) is 42.5 Å². The maximum atomic E-state index is 12.1. The van der Waals surface area contributed by atoms with Gasteiger partial charge in [-0.3, -0.25) is 0 Å². The first-order valence-electron chi connectivity index (χ1n) is 10.2.